The molecule has 1 aromatic carbocycles. The summed E-state index contributed by atoms with van der Waals surface area (Å²) in [5, 5.41) is 4.65. The van der Waals surface area contributed by atoms with Gasteiger partial charge in [0.25, 0.3) is 0 Å². The van der Waals surface area contributed by atoms with Crippen LogP contribution in [0.25, 0.3) is 0 Å². The van der Waals surface area contributed by atoms with Crippen molar-refractivity contribution in [3.63, 3.8) is 0 Å². The molecule has 31 heavy (non-hydrogen) atoms. The van der Waals surface area contributed by atoms with Crippen LogP contribution >= 0.6 is 23.2 Å². The van der Waals surface area contributed by atoms with Gasteiger partial charge in [0, 0.05) is 47.6 Å². The van der Waals surface area contributed by atoms with E-state index in [9.17, 15) is 0 Å². The summed E-state index contributed by atoms with van der Waals surface area (Å²) in [4.78, 5) is 11.4. The average molecular weight is 460 g/mol. The van der Waals surface area contributed by atoms with E-state index >= 15 is 0 Å². The molecule has 1 unspecified atom stereocenters. The van der Waals surface area contributed by atoms with Gasteiger partial charge in [-0.2, -0.15) is 4.98 Å². The fourth-order valence-corrected chi connectivity index (χ4v) is 4.54. The Balaban J connectivity index is 1.31. The zero-order valence-corrected chi connectivity index (χ0v) is 19.1. The van der Waals surface area contributed by atoms with Crippen LogP contribution in [0, 0.1) is 0 Å². The first kappa shape index (κ1) is 21.9. The maximum Gasteiger partial charge on any atom is 0.215 e. The molecule has 4 rings (SSSR count). The van der Waals surface area contributed by atoms with Crippen molar-refractivity contribution in [3.05, 3.63) is 70.2 Å². The largest absolute Gasteiger partial charge is 0.469 e. The Labute approximate surface area is 193 Å². The highest BCUT2D eigenvalue weighted by molar-refractivity contribution is 6.34. The lowest BCUT2D eigenvalue weighted by Crippen LogP contribution is -2.27. The highest BCUT2D eigenvalue weighted by atomic mass is 35.5. The minimum atomic E-state index is 0.324. The molecule has 1 fully saturated rings. The second-order valence-corrected chi connectivity index (χ2v) is 8.76. The number of likely N-dealkylation sites (tertiary alicyclic amines) is 1. The third-order valence-corrected chi connectivity index (χ3v) is 6.04. The monoisotopic (exact) mass is 459 g/mol. The first-order chi connectivity index (χ1) is 15.1. The lowest BCUT2D eigenvalue weighted by Gasteiger charge is -2.19. The van der Waals surface area contributed by atoms with Gasteiger partial charge in [0.05, 0.1) is 0 Å². The van der Waals surface area contributed by atoms with Crippen LogP contribution in [0.5, 0.6) is 5.88 Å². The molecule has 0 bridgehead atoms. The number of nitrogens with one attached hydrogen (secondary N) is 1. The normalized spacial score (nSPS) is 16.5. The van der Waals surface area contributed by atoms with Gasteiger partial charge >= 0.3 is 0 Å². The van der Waals surface area contributed by atoms with Gasteiger partial charge in [-0.05, 0) is 62.7 Å². The van der Waals surface area contributed by atoms with Crippen molar-refractivity contribution in [2.75, 3.05) is 25.5 Å². The summed E-state index contributed by atoms with van der Waals surface area (Å²) in [6, 6.07) is 12.0. The van der Waals surface area contributed by atoms with E-state index in [4.69, 9.17) is 27.9 Å². The first-order valence-electron chi connectivity index (χ1n) is 10.6. The van der Waals surface area contributed by atoms with Crippen molar-refractivity contribution in [2.24, 2.45) is 0 Å². The molecule has 0 saturated carbocycles. The van der Waals surface area contributed by atoms with Gasteiger partial charge in [0.15, 0.2) is 0 Å². The quantitative estimate of drug-likeness (QED) is 0.481. The molecule has 3 aromatic rings. The highest BCUT2D eigenvalue weighted by Gasteiger charge is 2.19. The van der Waals surface area contributed by atoms with Crippen molar-refractivity contribution < 1.29 is 4.74 Å². The van der Waals surface area contributed by atoms with E-state index in [2.05, 4.69) is 27.2 Å². The number of ether oxygens (including phenoxy) is 1. The van der Waals surface area contributed by atoms with E-state index in [0.29, 0.717) is 35.1 Å². The maximum absolute atomic E-state index is 6.12. The molecule has 1 atom stereocenters. The molecule has 0 spiro atoms. The van der Waals surface area contributed by atoms with Crippen LogP contribution < -0.4 is 10.1 Å². The van der Waals surface area contributed by atoms with Crippen LogP contribution in [0.15, 0.2) is 48.8 Å². The highest BCUT2D eigenvalue weighted by Crippen LogP contribution is 2.21. The van der Waals surface area contributed by atoms with E-state index in [0.717, 1.165) is 30.2 Å². The second-order valence-electron chi connectivity index (χ2n) is 7.89. The van der Waals surface area contributed by atoms with Gasteiger partial charge in [-0.1, -0.05) is 29.3 Å². The topological polar surface area (TPSA) is 55.2 Å². The Morgan fingerprint density at radius 2 is 2.03 bits per heavy atom. The predicted octanol–water partition coefficient (Wildman–Crippen LogP) is 5.11. The fourth-order valence-electron chi connectivity index (χ4n) is 3.97. The van der Waals surface area contributed by atoms with Crippen LogP contribution in [0.2, 0.25) is 10.0 Å². The molecule has 1 N–H and O–H groups in total. The van der Waals surface area contributed by atoms with Gasteiger partial charge in [-0.25, -0.2) is 4.98 Å². The third kappa shape index (κ3) is 6.12. The van der Waals surface area contributed by atoms with Crippen molar-refractivity contribution in [2.45, 2.75) is 38.5 Å². The molecule has 2 aromatic heterocycles. The smallest absolute Gasteiger partial charge is 0.215 e. The van der Waals surface area contributed by atoms with Gasteiger partial charge in [0.1, 0.15) is 18.2 Å². The molecule has 0 radical (unpaired) electrons. The molecule has 6 nitrogen and oxygen atoms in total. The number of hydrogen-bond donors (Lipinski definition) is 1. The van der Waals surface area contributed by atoms with E-state index in [1.165, 1.54) is 19.4 Å². The number of hydrogen-bond acceptors (Lipinski definition) is 5. The number of rotatable bonds is 9. The summed E-state index contributed by atoms with van der Waals surface area (Å²) >= 11 is 12.2. The molecule has 0 amide bonds. The number of nitrogens with zero attached hydrogens (tertiary/aromatic N) is 4. The van der Waals surface area contributed by atoms with E-state index < -0.39 is 0 Å². The summed E-state index contributed by atoms with van der Waals surface area (Å²) < 4.78 is 7.93. The molecule has 1 saturated heterocycles. The van der Waals surface area contributed by atoms with Gasteiger partial charge < -0.3 is 19.5 Å². The zero-order chi connectivity index (χ0) is 21.6. The number of pyridine rings is 1. The van der Waals surface area contributed by atoms with Crippen LogP contribution in [-0.2, 0) is 13.2 Å². The summed E-state index contributed by atoms with van der Waals surface area (Å²) in [6.07, 6.45) is 7.37. The van der Waals surface area contributed by atoms with Crippen LogP contribution in [-0.4, -0.2) is 45.6 Å². The molecule has 1 aliphatic heterocycles. The molecule has 3 heterocycles. The SMILES string of the molecule is CN1CCCC1CCNc1cccc(OCc2nccn2Cc2cc(Cl)cc(Cl)c2)n1. The minimum absolute atomic E-state index is 0.324. The Bertz CT molecular complexity index is 989. The Hall–Kier alpha value is -2.28. The standard InChI is InChI=1S/C23H27Cl2N5O/c1-29-10-3-4-20(29)7-8-26-21-5-2-6-23(28-21)31-16-22-27-9-11-30(22)15-17-12-18(24)14-19(25)13-17/h2,5-6,9,11-14,20H,3-4,7-8,10,15-16H2,1H3,(H,26,28). The average Bonchev–Trinajstić information content (AvgIpc) is 3.35. The van der Waals surface area contributed by atoms with E-state index in [1.807, 2.05) is 41.1 Å². The summed E-state index contributed by atoms with van der Waals surface area (Å²) in [5.41, 5.74) is 1.01. The van der Waals surface area contributed by atoms with Gasteiger partial charge in [-0.15, -0.1) is 0 Å². The maximum atomic E-state index is 6.12. The first-order valence-corrected chi connectivity index (χ1v) is 11.3. The number of imidazole rings is 1. The van der Waals surface area contributed by atoms with Crippen LogP contribution in [0.3, 0.4) is 0 Å². The van der Waals surface area contributed by atoms with Crippen molar-refractivity contribution in [1.82, 2.24) is 19.4 Å². The lowest BCUT2D eigenvalue weighted by atomic mass is 10.1. The summed E-state index contributed by atoms with van der Waals surface area (Å²) in [5.74, 6) is 2.21. The summed E-state index contributed by atoms with van der Waals surface area (Å²) in [6.45, 7) is 3.04. The van der Waals surface area contributed by atoms with Crippen LogP contribution in [0.1, 0.15) is 30.7 Å². The number of anilines is 1. The third-order valence-electron chi connectivity index (χ3n) is 5.60. The summed E-state index contributed by atoms with van der Waals surface area (Å²) in [7, 11) is 2.20. The minimum Gasteiger partial charge on any atom is -0.469 e. The molecule has 8 heteroatoms. The number of benzene rings is 1. The molecule has 164 valence electrons. The van der Waals surface area contributed by atoms with E-state index in [-0.39, 0.29) is 0 Å². The predicted molar refractivity (Wildman–Crippen MR) is 125 cm³/mol. The van der Waals surface area contributed by atoms with Crippen molar-refractivity contribution in [1.29, 1.82) is 0 Å². The van der Waals surface area contributed by atoms with E-state index in [1.54, 1.807) is 12.3 Å². The van der Waals surface area contributed by atoms with Crippen LogP contribution in [0.4, 0.5) is 5.82 Å². The van der Waals surface area contributed by atoms with Crippen molar-refractivity contribution >= 4 is 29.0 Å². The van der Waals surface area contributed by atoms with Crippen molar-refractivity contribution in [3.8, 4) is 5.88 Å². The zero-order valence-electron chi connectivity index (χ0n) is 17.6. The Morgan fingerprint density at radius 3 is 2.81 bits per heavy atom. The molecule has 0 aliphatic carbocycles. The number of halogens is 2. The fraction of sp³-hybridized carbons (Fsp3) is 0.391. The van der Waals surface area contributed by atoms with Gasteiger partial charge in [-0.3, -0.25) is 0 Å². The molecular weight excluding hydrogens is 433 g/mol. The number of aromatic nitrogens is 3. The molecule has 1 aliphatic rings. The Kier molecular flexibility index (Phi) is 7.33. The van der Waals surface area contributed by atoms with Gasteiger partial charge in [0.2, 0.25) is 5.88 Å². The second kappa shape index (κ2) is 10.4. The Morgan fingerprint density at radius 1 is 1.19 bits per heavy atom. The lowest BCUT2D eigenvalue weighted by molar-refractivity contribution is 0.279. The molecular formula is C23H27Cl2N5O.